The molecule has 0 heterocycles. The van der Waals surface area contributed by atoms with E-state index in [1.165, 1.54) is 0 Å². The Morgan fingerprint density at radius 1 is 1.22 bits per heavy atom. The lowest BCUT2D eigenvalue weighted by Gasteiger charge is -2.14. The van der Waals surface area contributed by atoms with E-state index in [0.29, 0.717) is 24.7 Å². The van der Waals surface area contributed by atoms with Crippen molar-refractivity contribution >= 4 is 11.9 Å². The topological polar surface area (TPSA) is 88.1 Å². The molecular formula is C16H24N2O5. The van der Waals surface area contributed by atoms with Gasteiger partial charge in [-0.25, -0.2) is 0 Å². The molecule has 0 aromatic heterocycles. The molecule has 7 heteroatoms. The zero-order valence-corrected chi connectivity index (χ0v) is 13.8. The van der Waals surface area contributed by atoms with Gasteiger partial charge in [0.2, 0.25) is 5.91 Å². The maximum atomic E-state index is 11.5. The third-order valence-corrected chi connectivity index (χ3v) is 3.08. The predicted octanol–water partition coefficient (Wildman–Crippen LogP) is 1.12. The van der Waals surface area contributed by atoms with Gasteiger partial charge in [0.05, 0.1) is 13.5 Å². The second-order valence-electron chi connectivity index (χ2n) is 5.31. The fraction of sp³-hybridized carbons (Fsp3) is 0.500. The molecule has 0 saturated carbocycles. The Kier molecular flexibility index (Phi) is 7.90. The molecule has 0 saturated heterocycles. The Morgan fingerprint density at radius 2 is 1.96 bits per heavy atom. The Balaban J connectivity index is 2.54. The van der Waals surface area contributed by atoms with Crippen molar-refractivity contribution < 1.29 is 24.2 Å². The number of ether oxygens (including phenoxy) is 2. The predicted molar refractivity (Wildman–Crippen MR) is 85.8 cm³/mol. The molecule has 0 aliphatic heterocycles. The molecule has 0 unspecified atom stereocenters. The summed E-state index contributed by atoms with van der Waals surface area (Å²) in [5.74, 6) is -0.0323. The van der Waals surface area contributed by atoms with Gasteiger partial charge < -0.3 is 24.8 Å². The summed E-state index contributed by atoms with van der Waals surface area (Å²) in [6.45, 7) is 1.66. The molecule has 23 heavy (non-hydrogen) atoms. The number of carbonyl (C=O) groups excluding carboxylic acids is 1. The normalized spacial score (nSPS) is 10.4. The van der Waals surface area contributed by atoms with Gasteiger partial charge in [0.1, 0.15) is 6.61 Å². The van der Waals surface area contributed by atoms with Gasteiger partial charge >= 0.3 is 5.97 Å². The monoisotopic (exact) mass is 324 g/mol. The second kappa shape index (κ2) is 9.68. The largest absolute Gasteiger partial charge is 0.493 e. The number of hydrogen-bond acceptors (Lipinski definition) is 5. The lowest BCUT2D eigenvalue weighted by Crippen LogP contribution is -2.23. The van der Waals surface area contributed by atoms with Gasteiger partial charge in [-0.1, -0.05) is 6.07 Å². The quantitative estimate of drug-likeness (QED) is 0.670. The molecule has 0 bridgehead atoms. The number of carboxylic acids is 1. The minimum atomic E-state index is -0.985. The first kappa shape index (κ1) is 18.8. The summed E-state index contributed by atoms with van der Waals surface area (Å²) in [7, 11) is 5.50. The molecule has 0 spiro atoms. The summed E-state index contributed by atoms with van der Waals surface area (Å²) >= 11 is 0. The van der Waals surface area contributed by atoms with Crippen molar-refractivity contribution in [2.24, 2.45) is 0 Å². The minimum Gasteiger partial charge on any atom is -0.493 e. The molecule has 0 atom stereocenters. The highest BCUT2D eigenvalue weighted by Gasteiger charge is 2.08. The third-order valence-electron chi connectivity index (χ3n) is 3.08. The van der Waals surface area contributed by atoms with E-state index in [1.54, 1.807) is 19.2 Å². The van der Waals surface area contributed by atoms with E-state index in [4.69, 9.17) is 14.6 Å². The lowest BCUT2D eigenvalue weighted by molar-refractivity contribution is -0.138. The average molecular weight is 324 g/mol. The summed E-state index contributed by atoms with van der Waals surface area (Å²) in [4.78, 5) is 23.9. The molecule has 2 N–H and O–H groups in total. The van der Waals surface area contributed by atoms with Crippen LogP contribution in [0.3, 0.4) is 0 Å². The molecule has 0 fully saturated rings. The first-order valence-corrected chi connectivity index (χ1v) is 7.35. The molecule has 1 rings (SSSR count). The Bertz CT molecular complexity index is 531. The molecule has 1 aromatic carbocycles. The number of nitrogens with one attached hydrogen (secondary N) is 1. The standard InChI is InChI=1S/C16H24N2O5/c1-18(2)8-9-23-13-5-4-12(10-14(13)22-3)11-17-15(19)6-7-16(20)21/h4-5,10H,6-9,11H2,1-3H3,(H,17,19)(H,20,21). The van der Waals surface area contributed by atoms with Gasteiger partial charge in [-0.3, -0.25) is 9.59 Å². The van der Waals surface area contributed by atoms with E-state index in [9.17, 15) is 9.59 Å². The molecule has 0 radical (unpaired) electrons. The minimum absolute atomic E-state index is 0.0296. The number of amides is 1. The number of benzene rings is 1. The van der Waals surface area contributed by atoms with Crippen LogP contribution in [0.2, 0.25) is 0 Å². The van der Waals surface area contributed by atoms with Gasteiger partial charge in [-0.15, -0.1) is 0 Å². The average Bonchev–Trinajstić information content (AvgIpc) is 2.51. The highest BCUT2D eigenvalue weighted by atomic mass is 16.5. The van der Waals surface area contributed by atoms with Gasteiger partial charge in [-0.05, 0) is 31.8 Å². The van der Waals surface area contributed by atoms with Crippen LogP contribution >= 0.6 is 0 Å². The van der Waals surface area contributed by atoms with Crippen molar-refractivity contribution in [2.45, 2.75) is 19.4 Å². The number of aliphatic carboxylic acids is 1. The lowest BCUT2D eigenvalue weighted by atomic mass is 10.2. The summed E-state index contributed by atoms with van der Waals surface area (Å²) in [5, 5.41) is 11.2. The second-order valence-corrected chi connectivity index (χ2v) is 5.31. The van der Waals surface area contributed by atoms with Crippen LogP contribution in [0.4, 0.5) is 0 Å². The van der Waals surface area contributed by atoms with Gasteiger partial charge in [0.25, 0.3) is 0 Å². The number of nitrogens with zero attached hydrogens (tertiary/aromatic N) is 1. The number of hydrogen-bond donors (Lipinski definition) is 2. The summed E-state index contributed by atoms with van der Waals surface area (Å²) in [5.41, 5.74) is 0.852. The highest BCUT2D eigenvalue weighted by molar-refractivity contribution is 5.80. The van der Waals surface area contributed by atoms with Gasteiger partial charge in [0.15, 0.2) is 11.5 Å². The van der Waals surface area contributed by atoms with Crippen molar-refractivity contribution in [1.29, 1.82) is 0 Å². The van der Waals surface area contributed by atoms with E-state index >= 15 is 0 Å². The number of methoxy groups -OCH3 is 1. The van der Waals surface area contributed by atoms with Crippen LogP contribution in [-0.4, -0.2) is 56.2 Å². The van der Waals surface area contributed by atoms with Crippen LogP contribution < -0.4 is 14.8 Å². The van der Waals surface area contributed by atoms with Crippen LogP contribution in [0, 0.1) is 0 Å². The number of likely N-dealkylation sites (N-methyl/N-ethyl adjacent to an activating group) is 1. The van der Waals surface area contributed by atoms with E-state index in [2.05, 4.69) is 5.32 Å². The number of carboxylic acid groups (broad SMARTS) is 1. The fourth-order valence-corrected chi connectivity index (χ4v) is 1.79. The Labute approximate surface area is 136 Å². The highest BCUT2D eigenvalue weighted by Crippen LogP contribution is 2.28. The summed E-state index contributed by atoms with van der Waals surface area (Å²) < 4.78 is 11.0. The molecular weight excluding hydrogens is 300 g/mol. The fourth-order valence-electron chi connectivity index (χ4n) is 1.79. The maximum absolute atomic E-state index is 11.5. The Hall–Kier alpha value is -2.28. The van der Waals surface area contributed by atoms with E-state index < -0.39 is 5.97 Å². The van der Waals surface area contributed by atoms with E-state index in [0.717, 1.165) is 12.1 Å². The first-order valence-electron chi connectivity index (χ1n) is 7.35. The molecule has 7 nitrogen and oxygen atoms in total. The SMILES string of the molecule is COc1cc(CNC(=O)CCC(=O)O)ccc1OCCN(C)C. The first-order chi connectivity index (χ1) is 10.9. The third kappa shape index (κ3) is 7.51. The smallest absolute Gasteiger partial charge is 0.303 e. The maximum Gasteiger partial charge on any atom is 0.303 e. The number of rotatable bonds is 10. The van der Waals surface area contributed by atoms with Crippen molar-refractivity contribution in [3.63, 3.8) is 0 Å². The number of carbonyl (C=O) groups is 2. The molecule has 128 valence electrons. The molecule has 0 aliphatic rings. The van der Waals surface area contributed by atoms with Crippen LogP contribution in [-0.2, 0) is 16.1 Å². The zero-order valence-electron chi connectivity index (χ0n) is 13.8. The van der Waals surface area contributed by atoms with Crippen molar-refractivity contribution in [3.05, 3.63) is 23.8 Å². The van der Waals surface area contributed by atoms with Crippen LogP contribution in [0.1, 0.15) is 18.4 Å². The molecule has 1 amide bonds. The van der Waals surface area contributed by atoms with Crippen LogP contribution in [0.25, 0.3) is 0 Å². The van der Waals surface area contributed by atoms with Gasteiger partial charge in [0, 0.05) is 19.5 Å². The van der Waals surface area contributed by atoms with E-state index in [-0.39, 0.29) is 18.7 Å². The van der Waals surface area contributed by atoms with Crippen molar-refractivity contribution in [2.75, 3.05) is 34.4 Å². The molecule has 0 aliphatic carbocycles. The molecule has 1 aromatic rings. The van der Waals surface area contributed by atoms with Crippen LogP contribution in [0.5, 0.6) is 11.5 Å². The Morgan fingerprint density at radius 3 is 2.57 bits per heavy atom. The summed E-state index contributed by atoms with van der Waals surface area (Å²) in [6.07, 6.45) is -0.202. The van der Waals surface area contributed by atoms with Crippen LogP contribution in [0.15, 0.2) is 18.2 Å². The van der Waals surface area contributed by atoms with Gasteiger partial charge in [-0.2, -0.15) is 0 Å². The van der Waals surface area contributed by atoms with Crippen molar-refractivity contribution in [1.82, 2.24) is 10.2 Å². The van der Waals surface area contributed by atoms with E-state index in [1.807, 2.05) is 25.1 Å². The van der Waals surface area contributed by atoms with Crippen molar-refractivity contribution in [3.8, 4) is 11.5 Å². The summed E-state index contributed by atoms with van der Waals surface area (Å²) in [6, 6.07) is 5.43. The zero-order chi connectivity index (χ0) is 17.2.